The highest BCUT2D eigenvalue weighted by molar-refractivity contribution is 8.00. The van der Waals surface area contributed by atoms with Crippen LogP contribution in [-0.4, -0.2) is 215 Å². The van der Waals surface area contributed by atoms with Gasteiger partial charge in [-0.05, 0) is 108 Å². The number of guanidine groups is 1. The van der Waals surface area contributed by atoms with Crippen LogP contribution in [0.3, 0.4) is 0 Å². The van der Waals surface area contributed by atoms with Crippen LogP contribution in [0.25, 0.3) is 0 Å². The second kappa shape index (κ2) is 39.5. The number of fused-ring (bicyclic) bond motifs is 1. The number of aliphatic imine (C=N–C) groups is 1. The van der Waals surface area contributed by atoms with Gasteiger partial charge in [0.15, 0.2) is 5.96 Å². The summed E-state index contributed by atoms with van der Waals surface area (Å²) in [5.74, 6) is -14.5. The van der Waals surface area contributed by atoms with Crippen molar-refractivity contribution < 1.29 is 77.3 Å². The van der Waals surface area contributed by atoms with Crippen molar-refractivity contribution in [2.75, 3.05) is 44.2 Å². The molecular formula is C58H94N18O16S. The molecule has 2 fully saturated rings. The first-order valence-electron chi connectivity index (χ1n) is 30.7. The number of phenolic OH excluding ortho intramolecular Hbond substituents is 1. The van der Waals surface area contributed by atoms with E-state index in [1.807, 2.05) is 0 Å². The van der Waals surface area contributed by atoms with Gasteiger partial charge in [0.25, 0.3) is 0 Å². The van der Waals surface area contributed by atoms with E-state index in [0.717, 1.165) is 18.7 Å². The molecule has 23 N–H and O–H groups in total. The van der Waals surface area contributed by atoms with E-state index in [9.17, 15) is 77.3 Å². The van der Waals surface area contributed by atoms with Crippen LogP contribution >= 0.6 is 11.8 Å². The molecular weight excluding hydrogens is 1240 g/mol. The van der Waals surface area contributed by atoms with E-state index in [1.165, 1.54) is 36.1 Å². The second-order valence-electron chi connectivity index (χ2n) is 23.6. The Kier molecular flexibility index (Phi) is 33.3. The number of carbonyl (C=O) groups is 14. The van der Waals surface area contributed by atoms with Gasteiger partial charge in [-0.15, -0.1) is 11.8 Å². The first-order valence-corrected chi connectivity index (χ1v) is 31.9. The van der Waals surface area contributed by atoms with Gasteiger partial charge >= 0.3 is 0 Å². The standard InChI is InChI=1S/C58H94N18O16S/c1-29(2)21-37-52(87)70-35(12-9-19-64-58(62)63)50(85)72-38(22-30(3)4)53(88)71-36(11-7-8-18-59)57(92)76-20-10-13-42(76)55(90)75-47(32(6)77)56(91)74-40(24-43(60)79)51(86)67-31(5)49(84)66-25-44(80)65-26-45(81)69-41(48(61)83)27-93-28-46(82)68-39(54(89)73-37)23-33-14-16-34(78)17-15-33/h14-17,29-32,35-42,47,77-78H,7-13,18-28,59H2,1-6H3,(H2,60,79)(H2,61,83)(H,65,80)(H,66,84)(H,67,86)(H,68,82)(H,69,81)(H,70,87)(H,71,88)(H,72,85)(H,73,89)(H,74,91)(H,75,90)(H4,62,63,64)/t31-,32+,35-,36-,37-,38-,39-,40-,41-,42-,47-/m0/s1. The molecule has 14 amide bonds. The van der Waals surface area contributed by atoms with Gasteiger partial charge in [-0.1, -0.05) is 39.8 Å². The lowest BCUT2D eigenvalue weighted by atomic mass is 9.99. The van der Waals surface area contributed by atoms with Crippen LogP contribution in [0.15, 0.2) is 29.3 Å². The van der Waals surface area contributed by atoms with Crippen molar-refractivity contribution in [2.45, 2.75) is 179 Å². The molecule has 93 heavy (non-hydrogen) atoms. The molecule has 2 heterocycles. The van der Waals surface area contributed by atoms with Gasteiger partial charge in [0.2, 0.25) is 82.7 Å². The Morgan fingerprint density at radius 2 is 1.16 bits per heavy atom. The fraction of sp³-hybridized carbons (Fsp3) is 0.638. The Morgan fingerprint density at radius 3 is 1.73 bits per heavy atom. The van der Waals surface area contributed by atoms with E-state index in [-0.39, 0.29) is 100 Å². The summed E-state index contributed by atoms with van der Waals surface area (Å²) in [5, 5.41) is 48.1. The molecule has 0 radical (unpaired) electrons. The number of nitrogens with zero attached hydrogens (tertiary/aromatic N) is 2. The van der Waals surface area contributed by atoms with Gasteiger partial charge in [-0.3, -0.25) is 72.1 Å². The van der Waals surface area contributed by atoms with Crippen LogP contribution in [0.1, 0.15) is 111 Å². The number of amides is 14. The van der Waals surface area contributed by atoms with Crippen molar-refractivity contribution >= 4 is 100 Å². The van der Waals surface area contributed by atoms with Crippen LogP contribution in [0.2, 0.25) is 0 Å². The number of rotatable bonds is 18. The summed E-state index contributed by atoms with van der Waals surface area (Å²) < 4.78 is 0. The first kappa shape index (κ1) is 78.4. The third-order valence-corrected chi connectivity index (χ3v) is 15.6. The van der Waals surface area contributed by atoms with Crippen molar-refractivity contribution in [2.24, 2.45) is 45.5 Å². The van der Waals surface area contributed by atoms with Crippen LogP contribution in [0.4, 0.5) is 0 Å². The number of aromatic hydroxyl groups is 1. The molecule has 0 saturated carbocycles. The third-order valence-electron chi connectivity index (χ3n) is 14.6. The number of hydrogen-bond acceptors (Lipinski definition) is 19. The smallest absolute Gasteiger partial charge is 0.245 e. The Labute approximate surface area is 543 Å². The van der Waals surface area contributed by atoms with Gasteiger partial charge in [0.1, 0.15) is 66.2 Å². The van der Waals surface area contributed by atoms with Crippen molar-refractivity contribution in [1.29, 1.82) is 0 Å². The van der Waals surface area contributed by atoms with Crippen LogP contribution < -0.4 is 87.2 Å². The topological polar surface area (TPSA) is 557 Å². The number of thioether (sulfide) groups is 1. The molecule has 518 valence electrons. The molecule has 0 unspecified atom stereocenters. The Bertz CT molecular complexity index is 2820. The Morgan fingerprint density at radius 1 is 0.613 bits per heavy atom. The predicted molar refractivity (Wildman–Crippen MR) is 339 cm³/mol. The molecule has 11 atom stereocenters. The van der Waals surface area contributed by atoms with E-state index in [0.29, 0.717) is 18.4 Å². The molecule has 35 heteroatoms. The number of carbonyl (C=O) groups excluding carboxylic acids is 14. The highest BCUT2D eigenvalue weighted by Gasteiger charge is 2.41. The number of aliphatic hydroxyl groups excluding tert-OH is 1. The number of primary amides is 2. The van der Waals surface area contributed by atoms with E-state index < -0.39 is 174 Å². The number of hydrogen-bond donors (Lipinski definition) is 18. The summed E-state index contributed by atoms with van der Waals surface area (Å²) in [5.41, 5.74) is 28.4. The zero-order valence-corrected chi connectivity index (χ0v) is 54.2. The summed E-state index contributed by atoms with van der Waals surface area (Å²) >= 11 is 0.829. The minimum absolute atomic E-state index is 0.00204. The zero-order valence-electron chi connectivity index (χ0n) is 53.3. The number of aliphatic hydroxyl groups is 1. The molecule has 0 bridgehead atoms. The lowest BCUT2D eigenvalue weighted by molar-refractivity contribution is -0.143. The predicted octanol–water partition coefficient (Wildman–Crippen LogP) is -6.70. The van der Waals surface area contributed by atoms with Crippen molar-refractivity contribution in [3.63, 3.8) is 0 Å². The molecule has 0 aromatic heterocycles. The monoisotopic (exact) mass is 1330 g/mol. The molecule has 1 aromatic carbocycles. The average Bonchev–Trinajstić information content (AvgIpc) is 1.78. The summed E-state index contributed by atoms with van der Waals surface area (Å²) in [7, 11) is 0. The molecule has 3 rings (SSSR count). The van der Waals surface area contributed by atoms with E-state index in [4.69, 9.17) is 28.7 Å². The van der Waals surface area contributed by atoms with E-state index in [2.05, 4.69) is 63.5 Å². The van der Waals surface area contributed by atoms with Crippen LogP contribution in [0, 0.1) is 11.8 Å². The molecule has 2 aliphatic rings. The first-order chi connectivity index (χ1) is 43.8. The van der Waals surface area contributed by atoms with Crippen LogP contribution in [0.5, 0.6) is 5.75 Å². The number of unbranched alkanes of at least 4 members (excludes halogenated alkanes) is 1. The average molecular weight is 1330 g/mol. The van der Waals surface area contributed by atoms with Crippen molar-refractivity contribution in [1.82, 2.24) is 63.4 Å². The highest BCUT2D eigenvalue weighted by Crippen LogP contribution is 2.22. The molecule has 1 aromatic rings. The lowest BCUT2D eigenvalue weighted by Gasteiger charge is -2.32. The van der Waals surface area contributed by atoms with Gasteiger partial charge < -0.3 is 102 Å². The molecule has 2 saturated heterocycles. The van der Waals surface area contributed by atoms with E-state index in [1.54, 1.807) is 27.7 Å². The molecule has 0 spiro atoms. The highest BCUT2D eigenvalue weighted by atomic mass is 32.2. The molecule has 0 aliphatic carbocycles. The minimum atomic E-state index is -1.83. The second-order valence-corrected chi connectivity index (χ2v) is 24.7. The van der Waals surface area contributed by atoms with Crippen molar-refractivity contribution in [3.8, 4) is 5.75 Å². The zero-order chi connectivity index (χ0) is 69.6. The third kappa shape index (κ3) is 28.3. The van der Waals surface area contributed by atoms with Crippen molar-refractivity contribution in [3.05, 3.63) is 29.8 Å². The largest absolute Gasteiger partial charge is 0.508 e. The molecule has 2 aliphatic heterocycles. The maximum atomic E-state index is 14.7. The van der Waals surface area contributed by atoms with Gasteiger partial charge in [-0.2, -0.15) is 0 Å². The Hall–Kier alpha value is -8.86. The van der Waals surface area contributed by atoms with E-state index >= 15 is 0 Å². The van der Waals surface area contributed by atoms with Crippen LogP contribution in [-0.2, 0) is 73.5 Å². The molecule has 34 nitrogen and oxygen atoms in total. The van der Waals surface area contributed by atoms with Gasteiger partial charge in [-0.25, -0.2) is 0 Å². The number of benzene rings is 1. The quantitative estimate of drug-likeness (QED) is 0.0369. The normalized spacial score (nSPS) is 25.2. The summed E-state index contributed by atoms with van der Waals surface area (Å²) in [4.78, 5) is 197. The number of phenols is 1. The maximum Gasteiger partial charge on any atom is 0.245 e. The SMILES string of the molecule is CC(C)C[C@@H]1NC(=O)[C@H](Cc2ccc(O)cc2)NC(=O)CSC[C@@H](C(N)=O)NC(=O)CNC(=O)CNC(=O)[C@H](C)NC(=O)[C@H](CC(N)=O)NC(=O)[C@H]([C@@H](C)O)NC(=O)[C@@H]2CCCN2C(=O)[C@H](CCCCN)NC(=O)[C@H](CC(C)C)NC(=O)[C@H](CCCN=C(N)N)NC1=O. The summed E-state index contributed by atoms with van der Waals surface area (Å²) in [6, 6.07) is -8.86. The maximum absolute atomic E-state index is 14.7. The van der Waals surface area contributed by atoms with Gasteiger partial charge in [0.05, 0.1) is 31.4 Å². The Balaban J connectivity index is 2.13. The minimum Gasteiger partial charge on any atom is -0.508 e. The summed E-state index contributed by atoms with van der Waals surface area (Å²) in [6.45, 7) is 8.14. The summed E-state index contributed by atoms with van der Waals surface area (Å²) in [6.07, 6.45) is -1.62. The number of nitrogens with one attached hydrogen (secondary N) is 11. The van der Waals surface area contributed by atoms with Gasteiger partial charge in [0, 0.05) is 25.3 Å². The lowest BCUT2D eigenvalue weighted by Crippen LogP contribution is -2.61. The fourth-order valence-electron chi connectivity index (χ4n) is 9.81. The fourth-order valence-corrected chi connectivity index (χ4v) is 10.7. The number of nitrogens with two attached hydrogens (primary N) is 5.